The number of carbonyl (C=O) groups is 1. The summed E-state index contributed by atoms with van der Waals surface area (Å²) in [5, 5.41) is 10.2. The van der Waals surface area contributed by atoms with E-state index in [4.69, 9.17) is 14.9 Å². The van der Waals surface area contributed by atoms with E-state index < -0.39 is 11.7 Å². The smallest absolute Gasteiger partial charge is 0.413 e. The average molecular weight is 278 g/mol. The van der Waals surface area contributed by atoms with Gasteiger partial charge >= 0.3 is 6.09 Å². The molecule has 0 spiro atoms. The number of amidine groups is 1. The Bertz CT molecular complexity index is 473. The van der Waals surface area contributed by atoms with Crippen LogP contribution in [0, 0.1) is 5.41 Å². The molecule has 0 radical (unpaired) electrons. The van der Waals surface area contributed by atoms with Crippen LogP contribution in [0.15, 0.2) is 24.3 Å². The van der Waals surface area contributed by atoms with E-state index in [-0.39, 0.29) is 11.9 Å². The maximum absolute atomic E-state index is 11.6. The highest BCUT2D eigenvalue weighted by Gasteiger charge is 2.17. The average Bonchev–Trinajstić information content (AvgIpc) is 2.26. The van der Waals surface area contributed by atoms with Gasteiger partial charge in [0.15, 0.2) is 0 Å². The molecule has 0 aromatic heterocycles. The fraction of sp³-hybridized carbons (Fsp3) is 0.467. The first-order valence-electron chi connectivity index (χ1n) is 6.53. The van der Waals surface area contributed by atoms with Crippen molar-refractivity contribution in [3.63, 3.8) is 0 Å². The zero-order valence-corrected chi connectivity index (χ0v) is 12.6. The largest absolute Gasteiger partial charge is 0.491 e. The van der Waals surface area contributed by atoms with Crippen LogP contribution < -0.4 is 10.1 Å². The van der Waals surface area contributed by atoms with E-state index in [0.717, 1.165) is 5.75 Å². The molecular weight excluding hydrogens is 256 g/mol. The number of rotatable bonds is 3. The van der Waals surface area contributed by atoms with Crippen LogP contribution in [0.25, 0.3) is 0 Å². The minimum Gasteiger partial charge on any atom is -0.491 e. The summed E-state index contributed by atoms with van der Waals surface area (Å²) < 4.78 is 10.6. The summed E-state index contributed by atoms with van der Waals surface area (Å²) in [5.74, 6) is 0.726. The van der Waals surface area contributed by atoms with Crippen molar-refractivity contribution in [3.05, 3.63) is 29.8 Å². The maximum Gasteiger partial charge on any atom is 0.413 e. The van der Waals surface area contributed by atoms with Crippen LogP contribution in [-0.2, 0) is 4.74 Å². The molecule has 0 saturated carbocycles. The Morgan fingerprint density at radius 3 is 2.20 bits per heavy atom. The molecule has 1 aromatic carbocycles. The highest BCUT2D eigenvalue weighted by Crippen LogP contribution is 2.14. The summed E-state index contributed by atoms with van der Waals surface area (Å²) in [6.45, 7) is 9.21. The number of amides is 1. The van der Waals surface area contributed by atoms with Gasteiger partial charge in [-0.15, -0.1) is 0 Å². The molecule has 0 unspecified atom stereocenters. The van der Waals surface area contributed by atoms with Gasteiger partial charge in [-0.1, -0.05) is 0 Å². The Balaban J connectivity index is 2.62. The van der Waals surface area contributed by atoms with Crippen molar-refractivity contribution in [3.8, 4) is 5.75 Å². The molecule has 1 aromatic rings. The van der Waals surface area contributed by atoms with Crippen LogP contribution in [0.2, 0.25) is 0 Å². The van der Waals surface area contributed by atoms with Crippen LogP contribution >= 0.6 is 0 Å². The third kappa shape index (κ3) is 5.73. The van der Waals surface area contributed by atoms with Crippen molar-refractivity contribution >= 4 is 11.9 Å². The fourth-order valence-corrected chi connectivity index (χ4v) is 1.45. The highest BCUT2D eigenvalue weighted by molar-refractivity contribution is 6.04. The monoisotopic (exact) mass is 278 g/mol. The molecule has 110 valence electrons. The number of ether oxygens (including phenoxy) is 2. The Hall–Kier alpha value is -2.04. The minimum absolute atomic E-state index is 0.00431. The molecule has 20 heavy (non-hydrogen) atoms. The molecule has 0 aliphatic rings. The van der Waals surface area contributed by atoms with E-state index in [2.05, 4.69) is 5.32 Å². The number of carbonyl (C=O) groups excluding carboxylic acids is 1. The van der Waals surface area contributed by atoms with Crippen LogP contribution in [0.5, 0.6) is 5.75 Å². The fourth-order valence-electron chi connectivity index (χ4n) is 1.45. The SMILES string of the molecule is CC(C)Oc1ccc(C(=N)NC(=O)OC(C)(C)C)cc1. The van der Waals surface area contributed by atoms with Crippen molar-refractivity contribution in [1.29, 1.82) is 5.41 Å². The molecule has 0 bridgehead atoms. The number of nitrogens with one attached hydrogen (secondary N) is 2. The third-order valence-electron chi connectivity index (χ3n) is 2.14. The molecule has 0 heterocycles. The quantitative estimate of drug-likeness (QED) is 0.658. The number of hydrogen-bond donors (Lipinski definition) is 2. The molecule has 1 amide bonds. The second-order valence-electron chi connectivity index (χ2n) is 5.69. The zero-order valence-electron chi connectivity index (χ0n) is 12.6. The van der Waals surface area contributed by atoms with Crippen LogP contribution in [0.1, 0.15) is 40.2 Å². The zero-order chi connectivity index (χ0) is 15.3. The van der Waals surface area contributed by atoms with Gasteiger partial charge in [-0.3, -0.25) is 10.7 Å². The summed E-state index contributed by atoms with van der Waals surface area (Å²) in [7, 11) is 0. The summed E-state index contributed by atoms with van der Waals surface area (Å²) in [5.41, 5.74) is 0.00578. The summed E-state index contributed by atoms with van der Waals surface area (Å²) >= 11 is 0. The second kappa shape index (κ2) is 6.41. The topological polar surface area (TPSA) is 71.4 Å². The number of hydrogen-bond acceptors (Lipinski definition) is 4. The lowest BCUT2D eigenvalue weighted by molar-refractivity contribution is 0.0563. The third-order valence-corrected chi connectivity index (χ3v) is 2.14. The molecule has 0 atom stereocenters. The van der Waals surface area contributed by atoms with Gasteiger partial charge < -0.3 is 9.47 Å². The first-order valence-corrected chi connectivity index (χ1v) is 6.53. The van der Waals surface area contributed by atoms with Crippen molar-refractivity contribution in [2.24, 2.45) is 0 Å². The van der Waals surface area contributed by atoms with E-state index in [1.807, 2.05) is 13.8 Å². The maximum atomic E-state index is 11.6. The molecule has 5 heteroatoms. The van der Waals surface area contributed by atoms with Crippen molar-refractivity contribution in [1.82, 2.24) is 5.32 Å². The van der Waals surface area contributed by atoms with Crippen LogP contribution in [-0.4, -0.2) is 23.6 Å². The molecule has 0 fully saturated rings. The van der Waals surface area contributed by atoms with Gasteiger partial charge in [-0.25, -0.2) is 4.79 Å². The standard InChI is InChI=1S/C15H22N2O3/c1-10(2)19-12-8-6-11(7-9-12)13(16)17-14(18)20-15(3,4)5/h6-10H,1-5H3,(H2,16,17,18). The van der Waals surface area contributed by atoms with Gasteiger partial charge in [0.1, 0.15) is 17.2 Å². The molecular formula is C15H22N2O3. The molecule has 0 saturated heterocycles. The van der Waals surface area contributed by atoms with E-state index in [1.54, 1.807) is 45.0 Å². The summed E-state index contributed by atoms with van der Waals surface area (Å²) in [4.78, 5) is 11.6. The van der Waals surface area contributed by atoms with E-state index >= 15 is 0 Å². The minimum atomic E-state index is -0.634. The highest BCUT2D eigenvalue weighted by atomic mass is 16.6. The Morgan fingerprint density at radius 1 is 1.20 bits per heavy atom. The Morgan fingerprint density at radius 2 is 1.75 bits per heavy atom. The molecule has 0 aliphatic carbocycles. The van der Waals surface area contributed by atoms with Gasteiger partial charge in [0, 0.05) is 5.56 Å². The van der Waals surface area contributed by atoms with Crippen molar-refractivity contribution in [2.75, 3.05) is 0 Å². The lowest BCUT2D eigenvalue weighted by Crippen LogP contribution is -2.36. The first kappa shape index (κ1) is 16.0. The lowest BCUT2D eigenvalue weighted by Gasteiger charge is -2.19. The van der Waals surface area contributed by atoms with Gasteiger partial charge in [-0.05, 0) is 58.9 Å². The van der Waals surface area contributed by atoms with Gasteiger partial charge in [0.2, 0.25) is 0 Å². The summed E-state index contributed by atoms with van der Waals surface area (Å²) in [6.07, 6.45) is -0.537. The lowest BCUT2D eigenvalue weighted by atomic mass is 10.2. The number of alkyl carbamates (subject to hydrolysis) is 1. The van der Waals surface area contributed by atoms with E-state index in [9.17, 15) is 4.79 Å². The predicted octanol–water partition coefficient (Wildman–Crippen LogP) is 3.32. The van der Waals surface area contributed by atoms with Crippen LogP contribution in [0.3, 0.4) is 0 Å². The Labute approximate surface area is 119 Å². The second-order valence-corrected chi connectivity index (χ2v) is 5.69. The first-order chi connectivity index (χ1) is 9.17. The van der Waals surface area contributed by atoms with Gasteiger partial charge in [0.25, 0.3) is 0 Å². The van der Waals surface area contributed by atoms with E-state index in [0.29, 0.717) is 5.56 Å². The van der Waals surface area contributed by atoms with Gasteiger partial charge in [-0.2, -0.15) is 0 Å². The Kier molecular flexibility index (Phi) is 5.13. The molecule has 0 aliphatic heterocycles. The summed E-state index contributed by atoms with van der Waals surface area (Å²) in [6, 6.07) is 6.97. The molecule has 5 nitrogen and oxygen atoms in total. The predicted molar refractivity (Wildman–Crippen MR) is 78.4 cm³/mol. The molecule has 1 rings (SSSR count). The van der Waals surface area contributed by atoms with E-state index in [1.165, 1.54) is 0 Å². The molecule has 2 N–H and O–H groups in total. The van der Waals surface area contributed by atoms with Crippen LogP contribution in [0.4, 0.5) is 4.79 Å². The van der Waals surface area contributed by atoms with Gasteiger partial charge in [0.05, 0.1) is 6.10 Å². The van der Waals surface area contributed by atoms with Crippen molar-refractivity contribution < 1.29 is 14.3 Å². The number of benzene rings is 1. The normalized spacial score (nSPS) is 11.1. The van der Waals surface area contributed by atoms with Crippen molar-refractivity contribution in [2.45, 2.75) is 46.3 Å².